The van der Waals surface area contributed by atoms with Crippen LogP contribution in [-0.4, -0.2) is 32.5 Å². The zero-order valence-electron chi connectivity index (χ0n) is 13.4. The molecule has 2 rings (SSSR count). The van der Waals surface area contributed by atoms with Crippen molar-refractivity contribution in [3.63, 3.8) is 0 Å². The normalized spacial score (nSPS) is 11.1. The molecule has 0 radical (unpaired) electrons. The molecular formula is C17H20N2O3S. The van der Waals surface area contributed by atoms with E-state index in [0.29, 0.717) is 23.4 Å². The number of sulfonamides is 1. The molecule has 0 aliphatic heterocycles. The number of nitrogens with zero attached hydrogens (tertiary/aromatic N) is 1. The lowest BCUT2D eigenvalue weighted by atomic mass is 10.1. The summed E-state index contributed by atoms with van der Waals surface area (Å²) in [5.41, 5.74) is 2.76. The number of hydrogen-bond acceptors (Lipinski definition) is 3. The van der Waals surface area contributed by atoms with Crippen LogP contribution >= 0.6 is 0 Å². The summed E-state index contributed by atoms with van der Waals surface area (Å²) < 4.78 is 25.0. The molecule has 1 N–H and O–H groups in total. The second kappa shape index (κ2) is 6.83. The third-order valence-corrected chi connectivity index (χ3v) is 3.97. The Balaban J connectivity index is 2.15. The average Bonchev–Trinajstić information content (AvgIpc) is 2.48. The Hall–Kier alpha value is -2.34. The summed E-state index contributed by atoms with van der Waals surface area (Å²) >= 11 is 0. The summed E-state index contributed by atoms with van der Waals surface area (Å²) in [5, 5.41) is 0. The van der Waals surface area contributed by atoms with Gasteiger partial charge in [-0.2, -0.15) is 0 Å². The van der Waals surface area contributed by atoms with Gasteiger partial charge in [-0.1, -0.05) is 30.3 Å². The monoisotopic (exact) mass is 332 g/mol. The SMILES string of the molecule is Cc1cc(C(=O)N(C)Cc2ccccc2)ccc1NS(C)(=O)=O. The van der Waals surface area contributed by atoms with E-state index in [0.717, 1.165) is 11.8 Å². The molecule has 6 heteroatoms. The van der Waals surface area contributed by atoms with Crippen LogP contribution in [0.15, 0.2) is 48.5 Å². The highest BCUT2D eigenvalue weighted by Gasteiger charge is 2.14. The van der Waals surface area contributed by atoms with Crippen molar-refractivity contribution in [2.75, 3.05) is 18.0 Å². The van der Waals surface area contributed by atoms with Crippen molar-refractivity contribution < 1.29 is 13.2 Å². The number of aryl methyl sites for hydroxylation is 1. The van der Waals surface area contributed by atoms with Gasteiger partial charge in [0.2, 0.25) is 10.0 Å². The fourth-order valence-electron chi connectivity index (χ4n) is 2.26. The molecule has 0 heterocycles. The molecule has 0 saturated carbocycles. The van der Waals surface area contributed by atoms with E-state index < -0.39 is 10.0 Å². The van der Waals surface area contributed by atoms with E-state index in [1.807, 2.05) is 30.3 Å². The lowest BCUT2D eigenvalue weighted by Crippen LogP contribution is -2.26. The van der Waals surface area contributed by atoms with Crippen molar-refractivity contribution in [3.8, 4) is 0 Å². The van der Waals surface area contributed by atoms with E-state index in [-0.39, 0.29) is 5.91 Å². The fourth-order valence-corrected chi connectivity index (χ4v) is 2.89. The van der Waals surface area contributed by atoms with Crippen molar-refractivity contribution in [1.82, 2.24) is 4.90 Å². The summed E-state index contributed by atoms with van der Waals surface area (Å²) in [6, 6.07) is 14.7. The average molecular weight is 332 g/mol. The van der Waals surface area contributed by atoms with Gasteiger partial charge in [-0.25, -0.2) is 8.42 Å². The first kappa shape index (κ1) is 17.0. The number of hydrogen-bond donors (Lipinski definition) is 1. The minimum Gasteiger partial charge on any atom is -0.337 e. The van der Waals surface area contributed by atoms with Crippen LogP contribution in [0.1, 0.15) is 21.5 Å². The van der Waals surface area contributed by atoms with Gasteiger partial charge in [0.15, 0.2) is 0 Å². The molecule has 0 aliphatic carbocycles. The minimum atomic E-state index is -3.34. The Labute approximate surface area is 137 Å². The standard InChI is InChI=1S/C17H20N2O3S/c1-13-11-15(9-10-16(13)18-23(3,21)22)17(20)19(2)12-14-7-5-4-6-8-14/h4-11,18H,12H2,1-3H3. The molecule has 0 aliphatic rings. The Morgan fingerprint density at radius 1 is 1.13 bits per heavy atom. The van der Waals surface area contributed by atoms with E-state index >= 15 is 0 Å². The molecule has 0 bridgehead atoms. The number of anilines is 1. The lowest BCUT2D eigenvalue weighted by molar-refractivity contribution is 0.0785. The first-order chi connectivity index (χ1) is 10.8. The number of carbonyl (C=O) groups excluding carboxylic acids is 1. The van der Waals surface area contributed by atoms with Gasteiger partial charge in [-0.05, 0) is 36.2 Å². The maximum atomic E-state index is 12.5. The summed E-state index contributed by atoms with van der Waals surface area (Å²) in [4.78, 5) is 14.1. The Bertz CT molecular complexity index is 802. The molecule has 5 nitrogen and oxygen atoms in total. The Morgan fingerprint density at radius 2 is 1.78 bits per heavy atom. The van der Waals surface area contributed by atoms with Gasteiger partial charge in [0, 0.05) is 19.2 Å². The van der Waals surface area contributed by atoms with Gasteiger partial charge >= 0.3 is 0 Å². The maximum absolute atomic E-state index is 12.5. The van der Waals surface area contributed by atoms with Crippen molar-refractivity contribution in [2.45, 2.75) is 13.5 Å². The molecule has 122 valence electrons. The van der Waals surface area contributed by atoms with Gasteiger partial charge in [0.25, 0.3) is 5.91 Å². The highest BCUT2D eigenvalue weighted by atomic mass is 32.2. The van der Waals surface area contributed by atoms with Crippen LogP contribution in [0.5, 0.6) is 0 Å². The zero-order valence-corrected chi connectivity index (χ0v) is 14.2. The highest BCUT2D eigenvalue weighted by Crippen LogP contribution is 2.19. The molecule has 0 atom stereocenters. The quantitative estimate of drug-likeness (QED) is 0.915. The van der Waals surface area contributed by atoms with Gasteiger partial charge in [0.05, 0.1) is 11.9 Å². The summed E-state index contributed by atoms with van der Waals surface area (Å²) in [5.74, 6) is -0.108. The lowest BCUT2D eigenvalue weighted by Gasteiger charge is -2.18. The molecule has 1 amide bonds. The molecule has 23 heavy (non-hydrogen) atoms. The molecule has 0 unspecified atom stereocenters. The van der Waals surface area contributed by atoms with Crippen LogP contribution in [0.2, 0.25) is 0 Å². The molecule has 2 aromatic carbocycles. The van der Waals surface area contributed by atoms with E-state index in [9.17, 15) is 13.2 Å². The summed E-state index contributed by atoms with van der Waals surface area (Å²) in [7, 11) is -1.59. The van der Waals surface area contributed by atoms with Crippen LogP contribution in [0.3, 0.4) is 0 Å². The van der Waals surface area contributed by atoms with Crippen LogP contribution in [-0.2, 0) is 16.6 Å². The van der Waals surface area contributed by atoms with Crippen LogP contribution < -0.4 is 4.72 Å². The predicted molar refractivity (Wildman–Crippen MR) is 91.9 cm³/mol. The first-order valence-electron chi connectivity index (χ1n) is 7.14. The van der Waals surface area contributed by atoms with Crippen molar-refractivity contribution in [1.29, 1.82) is 0 Å². The number of benzene rings is 2. The Morgan fingerprint density at radius 3 is 2.35 bits per heavy atom. The molecule has 0 saturated heterocycles. The third kappa shape index (κ3) is 4.82. The molecule has 2 aromatic rings. The highest BCUT2D eigenvalue weighted by molar-refractivity contribution is 7.92. The predicted octanol–water partition coefficient (Wildman–Crippen LogP) is 2.64. The number of carbonyl (C=O) groups is 1. The molecule has 0 spiro atoms. The van der Waals surface area contributed by atoms with Gasteiger partial charge in [-0.3, -0.25) is 9.52 Å². The van der Waals surface area contributed by atoms with Crippen LogP contribution in [0.4, 0.5) is 5.69 Å². The van der Waals surface area contributed by atoms with E-state index in [4.69, 9.17) is 0 Å². The van der Waals surface area contributed by atoms with Gasteiger partial charge in [0.1, 0.15) is 0 Å². The third-order valence-electron chi connectivity index (χ3n) is 3.38. The second-order valence-corrected chi connectivity index (χ2v) is 7.30. The van der Waals surface area contributed by atoms with E-state index in [1.165, 1.54) is 0 Å². The topological polar surface area (TPSA) is 66.5 Å². The van der Waals surface area contributed by atoms with Gasteiger partial charge < -0.3 is 4.90 Å². The zero-order chi connectivity index (χ0) is 17.0. The Kier molecular flexibility index (Phi) is 5.05. The van der Waals surface area contributed by atoms with Crippen LogP contribution in [0.25, 0.3) is 0 Å². The minimum absolute atomic E-state index is 0.108. The molecule has 0 fully saturated rings. The van der Waals surface area contributed by atoms with E-state index in [1.54, 1.807) is 37.1 Å². The molecular weight excluding hydrogens is 312 g/mol. The van der Waals surface area contributed by atoms with Crippen molar-refractivity contribution in [3.05, 3.63) is 65.2 Å². The van der Waals surface area contributed by atoms with Gasteiger partial charge in [-0.15, -0.1) is 0 Å². The van der Waals surface area contributed by atoms with Crippen molar-refractivity contribution in [2.24, 2.45) is 0 Å². The smallest absolute Gasteiger partial charge is 0.253 e. The van der Waals surface area contributed by atoms with Crippen molar-refractivity contribution >= 4 is 21.6 Å². The van der Waals surface area contributed by atoms with Crippen LogP contribution in [0, 0.1) is 6.92 Å². The first-order valence-corrected chi connectivity index (χ1v) is 9.03. The second-order valence-electron chi connectivity index (χ2n) is 5.55. The fraction of sp³-hybridized carbons (Fsp3) is 0.235. The number of nitrogens with one attached hydrogen (secondary N) is 1. The van der Waals surface area contributed by atoms with E-state index in [2.05, 4.69) is 4.72 Å². The summed E-state index contributed by atoms with van der Waals surface area (Å²) in [6.45, 7) is 2.28. The number of amides is 1. The molecule has 0 aromatic heterocycles. The largest absolute Gasteiger partial charge is 0.337 e. The summed E-state index contributed by atoms with van der Waals surface area (Å²) in [6.07, 6.45) is 1.10. The maximum Gasteiger partial charge on any atom is 0.253 e. The number of rotatable bonds is 5.